The van der Waals surface area contributed by atoms with Crippen molar-refractivity contribution in [3.63, 3.8) is 0 Å². The molecule has 0 radical (unpaired) electrons. The number of rotatable bonds is 2. The van der Waals surface area contributed by atoms with Crippen molar-refractivity contribution >= 4 is 30.8 Å². The van der Waals surface area contributed by atoms with Gasteiger partial charge in [0.2, 0.25) is 0 Å². The topological polar surface area (TPSA) is 81.1 Å². The monoisotopic (exact) mass is 267 g/mol. The summed E-state index contributed by atoms with van der Waals surface area (Å²) in [7, 11) is 0. The Morgan fingerprint density at radius 2 is 2.31 bits per heavy atom. The summed E-state index contributed by atoms with van der Waals surface area (Å²) in [6, 6.07) is 0. The smallest absolute Gasteiger partial charge is 0.354 e. The summed E-state index contributed by atoms with van der Waals surface area (Å²) in [5.41, 5.74) is 5.86. The van der Waals surface area contributed by atoms with E-state index in [-0.39, 0.29) is 30.5 Å². The number of carboxylic acid groups (broad SMARTS) is 1. The Labute approximate surface area is 106 Å². The van der Waals surface area contributed by atoms with Crippen molar-refractivity contribution in [2.24, 2.45) is 11.7 Å². The molecule has 92 valence electrons. The molecule has 5 nitrogen and oxygen atoms in total. The fraction of sp³-hybridized carbons (Fsp3) is 0.556. The largest absolute Gasteiger partial charge is 0.477 e. The summed E-state index contributed by atoms with van der Waals surface area (Å²) in [4.78, 5) is 14.9. The normalized spacial score (nSPS) is 17.9. The Hall–Kier alpha value is -0.780. The second-order valence-corrected chi connectivity index (χ2v) is 3.61. The van der Waals surface area contributed by atoms with E-state index in [4.69, 9.17) is 10.8 Å². The van der Waals surface area contributed by atoms with Gasteiger partial charge < -0.3 is 15.4 Å². The van der Waals surface area contributed by atoms with E-state index in [0.717, 1.165) is 25.2 Å². The lowest BCUT2D eigenvalue weighted by molar-refractivity contribution is 0.0683. The fourth-order valence-electron chi connectivity index (χ4n) is 1.87. The van der Waals surface area contributed by atoms with E-state index in [0.29, 0.717) is 12.5 Å². The standard InChI is InChI=1S/C9H13N3O2.2ClH/c10-4-6-1-2-12-7(9(13)14)5-11-8(12)3-6;;/h5-6H,1-4,10H2,(H,13,14);2*1H. The van der Waals surface area contributed by atoms with Crippen LogP contribution < -0.4 is 5.73 Å². The van der Waals surface area contributed by atoms with Crippen molar-refractivity contribution in [1.29, 1.82) is 0 Å². The van der Waals surface area contributed by atoms with Gasteiger partial charge in [0.05, 0.1) is 6.20 Å². The van der Waals surface area contributed by atoms with Crippen LogP contribution in [0.15, 0.2) is 6.20 Å². The van der Waals surface area contributed by atoms with Gasteiger partial charge in [-0.15, -0.1) is 24.8 Å². The molecule has 7 heteroatoms. The van der Waals surface area contributed by atoms with Crippen LogP contribution in [-0.4, -0.2) is 27.2 Å². The summed E-state index contributed by atoms with van der Waals surface area (Å²) in [6.07, 6.45) is 3.17. The van der Waals surface area contributed by atoms with Gasteiger partial charge in [0, 0.05) is 13.0 Å². The molecule has 1 aromatic heterocycles. The number of hydrogen-bond acceptors (Lipinski definition) is 3. The number of hydrogen-bond donors (Lipinski definition) is 2. The summed E-state index contributed by atoms with van der Waals surface area (Å²) in [5, 5.41) is 8.87. The molecule has 2 heterocycles. The predicted molar refractivity (Wildman–Crippen MR) is 64.5 cm³/mol. The van der Waals surface area contributed by atoms with E-state index in [1.165, 1.54) is 6.20 Å². The minimum absolute atomic E-state index is 0. The van der Waals surface area contributed by atoms with E-state index < -0.39 is 5.97 Å². The van der Waals surface area contributed by atoms with Gasteiger partial charge in [-0.3, -0.25) is 0 Å². The molecule has 3 N–H and O–H groups in total. The molecule has 0 saturated carbocycles. The van der Waals surface area contributed by atoms with Crippen LogP contribution in [0.2, 0.25) is 0 Å². The molecule has 0 saturated heterocycles. The summed E-state index contributed by atoms with van der Waals surface area (Å²) >= 11 is 0. The molecular weight excluding hydrogens is 253 g/mol. The number of aromatic carboxylic acids is 1. The van der Waals surface area contributed by atoms with Gasteiger partial charge in [-0.25, -0.2) is 9.78 Å². The Morgan fingerprint density at radius 1 is 1.62 bits per heavy atom. The van der Waals surface area contributed by atoms with Crippen LogP contribution in [0.1, 0.15) is 22.7 Å². The van der Waals surface area contributed by atoms with E-state index in [1.54, 1.807) is 4.57 Å². The van der Waals surface area contributed by atoms with Crippen LogP contribution in [0.5, 0.6) is 0 Å². The average Bonchev–Trinajstić information content (AvgIpc) is 2.59. The second-order valence-electron chi connectivity index (χ2n) is 3.61. The third-order valence-electron chi connectivity index (χ3n) is 2.72. The van der Waals surface area contributed by atoms with Gasteiger partial charge in [-0.2, -0.15) is 0 Å². The minimum Gasteiger partial charge on any atom is -0.477 e. The number of nitrogens with two attached hydrogens (primary N) is 1. The first-order chi connectivity index (χ1) is 6.72. The van der Waals surface area contributed by atoms with Crippen LogP contribution in [-0.2, 0) is 13.0 Å². The molecule has 1 unspecified atom stereocenters. The highest BCUT2D eigenvalue weighted by Crippen LogP contribution is 2.20. The quantitative estimate of drug-likeness (QED) is 0.836. The van der Waals surface area contributed by atoms with Gasteiger partial charge in [-0.05, 0) is 18.9 Å². The zero-order valence-electron chi connectivity index (χ0n) is 8.63. The van der Waals surface area contributed by atoms with Crippen molar-refractivity contribution < 1.29 is 9.90 Å². The van der Waals surface area contributed by atoms with Crippen LogP contribution in [0.3, 0.4) is 0 Å². The Bertz CT molecular complexity index is 368. The highest BCUT2D eigenvalue weighted by atomic mass is 35.5. The van der Waals surface area contributed by atoms with Crippen molar-refractivity contribution in [1.82, 2.24) is 9.55 Å². The third kappa shape index (κ3) is 2.66. The van der Waals surface area contributed by atoms with Crippen molar-refractivity contribution in [3.05, 3.63) is 17.7 Å². The molecule has 2 rings (SSSR count). The number of aromatic nitrogens is 2. The van der Waals surface area contributed by atoms with Crippen LogP contribution in [0.4, 0.5) is 0 Å². The van der Waals surface area contributed by atoms with E-state index in [9.17, 15) is 4.79 Å². The van der Waals surface area contributed by atoms with Gasteiger partial charge in [0.25, 0.3) is 0 Å². The molecule has 0 spiro atoms. The average molecular weight is 268 g/mol. The number of imidazole rings is 1. The Balaban J connectivity index is 0.00000112. The van der Waals surface area contributed by atoms with Gasteiger partial charge in [-0.1, -0.05) is 0 Å². The molecule has 1 aromatic rings. The lowest BCUT2D eigenvalue weighted by Crippen LogP contribution is -2.27. The first-order valence-corrected chi connectivity index (χ1v) is 4.70. The van der Waals surface area contributed by atoms with E-state index in [2.05, 4.69) is 4.98 Å². The Kier molecular flexibility index (Phi) is 5.78. The molecule has 1 aliphatic heterocycles. The maximum Gasteiger partial charge on any atom is 0.354 e. The molecule has 1 atom stereocenters. The number of nitrogens with zero attached hydrogens (tertiary/aromatic N) is 2. The molecule has 0 fully saturated rings. The van der Waals surface area contributed by atoms with Gasteiger partial charge in [0.15, 0.2) is 0 Å². The van der Waals surface area contributed by atoms with Gasteiger partial charge in [0.1, 0.15) is 11.5 Å². The lowest BCUT2D eigenvalue weighted by atomic mass is 9.98. The SMILES string of the molecule is Cl.Cl.NCC1CCn2c(C(=O)O)cnc2C1. The van der Waals surface area contributed by atoms with Gasteiger partial charge >= 0.3 is 5.97 Å². The molecule has 0 aromatic carbocycles. The van der Waals surface area contributed by atoms with E-state index >= 15 is 0 Å². The first-order valence-electron chi connectivity index (χ1n) is 4.70. The third-order valence-corrected chi connectivity index (χ3v) is 2.72. The van der Waals surface area contributed by atoms with Crippen LogP contribution in [0.25, 0.3) is 0 Å². The fourth-order valence-corrected chi connectivity index (χ4v) is 1.87. The number of fused-ring (bicyclic) bond motifs is 1. The number of carboxylic acids is 1. The number of carbonyl (C=O) groups is 1. The number of halogens is 2. The minimum atomic E-state index is -0.907. The molecule has 0 aliphatic carbocycles. The molecule has 0 amide bonds. The molecule has 1 aliphatic rings. The van der Waals surface area contributed by atoms with Crippen molar-refractivity contribution in [2.75, 3.05) is 6.54 Å². The zero-order chi connectivity index (χ0) is 10.1. The van der Waals surface area contributed by atoms with Crippen molar-refractivity contribution in [2.45, 2.75) is 19.4 Å². The first kappa shape index (κ1) is 15.2. The summed E-state index contributed by atoms with van der Waals surface area (Å²) in [5.74, 6) is 0.394. The molecule has 16 heavy (non-hydrogen) atoms. The van der Waals surface area contributed by atoms with Crippen LogP contribution in [0, 0.1) is 5.92 Å². The maximum atomic E-state index is 10.8. The predicted octanol–water partition coefficient (Wildman–Crippen LogP) is 0.946. The summed E-state index contributed by atoms with van der Waals surface area (Å²) in [6.45, 7) is 1.37. The highest BCUT2D eigenvalue weighted by Gasteiger charge is 2.22. The second kappa shape index (κ2) is 6.08. The van der Waals surface area contributed by atoms with Crippen molar-refractivity contribution in [3.8, 4) is 0 Å². The van der Waals surface area contributed by atoms with Crippen LogP contribution >= 0.6 is 24.8 Å². The highest BCUT2D eigenvalue weighted by molar-refractivity contribution is 5.86. The lowest BCUT2D eigenvalue weighted by Gasteiger charge is -2.22. The molecule has 0 bridgehead atoms. The summed E-state index contributed by atoms with van der Waals surface area (Å²) < 4.78 is 1.77. The Morgan fingerprint density at radius 3 is 2.88 bits per heavy atom. The van der Waals surface area contributed by atoms with E-state index in [1.807, 2.05) is 0 Å². The molecular formula is C9H15Cl2N3O2. The zero-order valence-corrected chi connectivity index (χ0v) is 10.3. The maximum absolute atomic E-state index is 10.8.